The molecule has 1 aromatic heterocycles. The van der Waals surface area contributed by atoms with Crippen molar-refractivity contribution in [1.29, 1.82) is 0 Å². The molecule has 0 radical (unpaired) electrons. The average Bonchev–Trinajstić information content (AvgIpc) is 2.84. The number of nitrogens with one attached hydrogen (secondary N) is 2. The molecule has 0 unspecified atom stereocenters. The summed E-state index contributed by atoms with van der Waals surface area (Å²) in [6, 6.07) is 6.87. The second-order valence-corrected chi connectivity index (χ2v) is 5.59. The first-order valence-corrected chi connectivity index (χ1v) is 7.55. The van der Waals surface area contributed by atoms with Gasteiger partial charge in [0.15, 0.2) is 0 Å². The number of hydrogen-bond donors (Lipinski definition) is 2. The Hall–Kier alpha value is -2.21. The number of nitrogens with zero attached hydrogens (tertiary/aromatic N) is 1. The Morgan fingerprint density at radius 1 is 1.33 bits per heavy atom. The molecule has 0 aliphatic rings. The van der Waals surface area contributed by atoms with Gasteiger partial charge in [0.25, 0.3) is 5.91 Å². The Kier molecular flexibility index (Phi) is 5.05. The first-order valence-electron chi connectivity index (χ1n) is 6.67. The SMILES string of the molecule is CCNC(=O)c1cccc(NC(=O)Cc2csc(C)n2)c1. The lowest BCUT2D eigenvalue weighted by molar-refractivity contribution is -0.115. The standard InChI is InChI=1S/C15H17N3O2S/c1-3-16-15(20)11-5-4-6-12(7-11)18-14(19)8-13-9-21-10(2)17-13/h4-7,9H,3,8H2,1-2H3,(H,16,20)(H,18,19). The monoisotopic (exact) mass is 303 g/mol. The van der Waals surface area contributed by atoms with Crippen LogP contribution in [0.5, 0.6) is 0 Å². The summed E-state index contributed by atoms with van der Waals surface area (Å²) in [5.41, 5.74) is 1.89. The average molecular weight is 303 g/mol. The fourth-order valence-electron chi connectivity index (χ4n) is 1.86. The molecule has 5 nitrogen and oxygen atoms in total. The summed E-state index contributed by atoms with van der Waals surface area (Å²) in [7, 11) is 0. The molecule has 2 rings (SSSR count). The van der Waals surface area contributed by atoms with Gasteiger partial charge in [-0.05, 0) is 32.0 Å². The number of benzene rings is 1. The second kappa shape index (κ2) is 6.99. The molecule has 0 spiro atoms. The largest absolute Gasteiger partial charge is 0.352 e. The van der Waals surface area contributed by atoms with Gasteiger partial charge >= 0.3 is 0 Å². The summed E-state index contributed by atoms with van der Waals surface area (Å²) < 4.78 is 0. The Bertz CT molecular complexity index is 652. The van der Waals surface area contributed by atoms with Crippen molar-refractivity contribution < 1.29 is 9.59 Å². The molecule has 2 aromatic rings. The van der Waals surface area contributed by atoms with Gasteiger partial charge in [-0.25, -0.2) is 4.98 Å². The molecule has 0 aliphatic heterocycles. The number of thiazole rings is 1. The number of aryl methyl sites for hydroxylation is 1. The van der Waals surface area contributed by atoms with Gasteiger partial charge in [-0.2, -0.15) is 0 Å². The highest BCUT2D eigenvalue weighted by Gasteiger charge is 2.09. The van der Waals surface area contributed by atoms with Gasteiger partial charge in [0, 0.05) is 23.2 Å². The molecule has 0 aliphatic carbocycles. The van der Waals surface area contributed by atoms with E-state index in [9.17, 15) is 9.59 Å². The lowest BCUT2D eigenvalue weighted by Crippen LogP contribution is -2.23. The summed E-state index contributed by atoms with van der Waals surface area (Å²) >= 11 is 1.52. The minimum atomic E-state index is -0.149. The van der Waals surface area contributed by atoms with Crippen LogP contribution in [0, 0.1) is 6.92 Å². The van der Waals surface area contributed by atoms with Crippen LogP contribution >= 0.6 is 11.3 Å². The third-order valence-corrected chi connectivity index (χ3v) is 3.58. The van der Waals surface area contributed by atoms with E-state index in [1.54, 1.807) is 24.3 Å². The Morgan fingerprint density at radius 2 is 2.14 bits per heavy atom. The minimum absolute atomic E-state index is 0.145. The van der Waals surface area contributed by atoms with E-state index in [1.165, 1.54) is 11.3 Å². The van der Waals surface area contributed by atoms with Crippen molar-refractivity contribution in [3.8, 4) is 0 Å². The summed E-state index contributed by atoms with van der Waals surface area (Å²) in [4.78, 5) is 28.0. The number of hydrogen-bond acceptors (Lipinski definition) is 4. The molecule has 21 heavy (non-hydrogen) atoms. The first-order chi connectivity index (χ1) is 10.1. The third kappa shape index (κ3) is 4.39. The molecular weight excluding hydrogens is 286 g/mol. The predicted molar refractivity (Wildman–Crippen MR) is 83.6 cm³/mol. The molecule has 110 valence electrons. The van der Waals surface area contributed by atoms with Crippen LogP contribution < -0.4 is 10.6 Å². The minimum Gasteiger partial charge on any atom is -0.352 e. The van der Waals surface area contributed by atoms with Crippen LogP contribution in [0.3, 0.4) is 0 Å². The molecule has 0 saturated heterocycles. The second-order valence-electron chi connectivity index (χ2n) is 4.52. The van der Waals surface area contributed by atoms with Gasteiger partial charge in [0.2, 0.25) is 5.91 Å². The van der Waals surface area contributed by atoms with Crippen LogP contribution in [-0.4, -0.2) is 23.3 Å². The smallest absolute Gasteiger partial charge is 0.251 e. The quantitative estimate of drug-likeness (QED) is 0.891. The molecule has 2 amide bonds. The molecule has 6 heteroatoms. The van der Waals surface area contributed by atoms with Crippen LogP contribution in [0.1, 0.15) is 28.0 Å². The van der Waals surface area contributed by atoms with E-state index in [2.05, 4.69) is 15.6 Å². The third-order valence-electron chi connectivity index (χ3n) is 2.75. The summed E-state index contributed by atoms with van der Waals surface area (Å²) in [6.45, 7) is 4.33. The van der Waals surface area contributed by atoms with Gasteiger partial charge in [-0.1, -0.05) is 6.07 Å². The van der Waals surface area contributed by atoms with Gasteiger partial charge in [-0.3, -0.25) is 9.59 Å². The van der Waals surface area contributed by atoms with Crippen LogP contribution in [0.25, 0.3) is 0 Å². The van der Waals surface area contributed by atoms with Crippen molar-refractivity contribution in [2.75, 3.05) is 11.9 Å². The maximum absolute atomic E-state index is 12.0. The van der Waals surface area contributed by atoms with Crippen molar-refractivity contribution >= 4 is 28.8 Å². The van der Waals surface area contributed by atoms with Crippen molar-refractivity contribution in [3.63, 3.8) is 0 Å². The highest BCUT2D eigenvalue weighted by atomic mass is 32.1. The van der Waals surface area contributed by atoms with Crippen molar-refractivity contribution in [1.82, 2.24) is 10.3 Å². The summed E-state index contributed by atoms with van der Waals surface area (Å²) in [6.07, 6.45) is 0.232. The number of aromatic nitrogens is 1. The number of carbonyl (C=O) groups excluding carboxylic acids is 2. The number of anilines is 1. The highest BCUT2D eigenvalue weighted by Crippen LogP contribution is 2.13. The molecule has 1 heterocycles. The molecule has 0 atom stereocenters. The van der Waals surface area contributed by atoms with E-state index in [0.717, 1.165) is 10.7 Å². The fourth-order valence-corrected chi connectivity index (χ4v) is 2.47. The fraction of sp³-hybridized carbons (Fsp3) is 0.267. The summed E-state index contributed by atoms with van der Waals surface area (Å²) in [5, 5.41) is 8.32. The topological polar surface area (TPSA) is 71.1 Å². The van der Waals surface area contributed by atoms with Crippen molar-refractivity contribution in [2.24, 2.45) is 0 Å². The molecular formula is C15H17N3O2S. The zero-order valence-electron chi connectivity index (χ0n) is 12.0. The van der Waals surface area contributed by atoms with Crippen LogP contribution in [0.2, 0.25) is 0 Å². The number of rotatable bonds is 5. The van der Waals surface area contributed by atoms with Crippen molar-refractivity contribution in [2.45, 2.75) is 20.3 Å². The predicted octanol–water partition coefficient (Wildman–Crippen LogP) is 2.38. The Balaban J connectivity index is 2.00. The van der Waals surface area contributed by atoms with E-state index >= 15 is 0 Å². The van der Waals surface area contributed by atoms with E-state index < -0.39 is 0 Å². The molecule has 2 N–H and O–H groups in total. The van der Waals surface area contributed by atoms with Crippen LogP contribution in [0.4, 0.5) is 5.69 Å². The van der Waals surface area contributed by atoms with Crippen molar-refractivity contribution in [3.05, 3.63) is 45.9 Å². The molecule has 0 fully saturated rings. The maximum Gasteiger partial charge on any atom is 0.251 e. The van der Waals surface area contributed by atoms with Gasteiger partial charge in [-0.15, -0.1) is 11.3 Å². The number of carbonyl (C=O) groups is 2. The van der Waals surface area contributed by atoms with Crippen LogP contribution in [0.15, 0.2) is 29.6 Å². The molecule has 1 aromatic carbocycles. The van der Waals surface area contributed by atoms with E-state index in [0.29, 0.717) is 17.8 Å². The van der Waals surface area contributed by atoms with Crippen LogP contribution in [-0.2, 0) is 11.2 Å². The summed E-state index contributed by atoms with van der Waals surface area (Å²) in [5.74, 6) is -0.294. The van der Waals surface area contributed by atoms with E-state index in [-0.39, 0.29) is 18.2 Å². The maximum atomic E-state index is 12.0. The highest BCUT2D eigenvalue weighted by molar-refractivity contribution is 7.09. The number of amides is 2. The normalized spacial score (nSPS) is 10.2. The lowest BCUT2D eigenvalue weighted by atomic mass is 10.2. The van der Waals surface area contributed by atoms with Gasteiger partial charge in [0.05, 0.1) is 17.1 Å². The lowest BCUT2D eigenvalue weighted by Gasteiger charge is -2.07. The Labute approximate surface area is 127 Å². The van der Waals surface area contributed by atoms with Gasteiger partial charge in [0.1, 0.15) is 0 Å². The zero-order chi connectivity index (χ0) is 15.2. The molecule has 0 saturated carbocycles. The first kappa shape index (κ1) is 15.2. The molecule has 0 bridgehead atoms. The van der Waals surface area contributed by atoms with E-state index in [1.807, 2.05) is 19.2 Å². The van der Waals surface area contributed by atoms with Gasteiger partial charge < -0.3 is 10.6 Å². The zero-order valence-corrected chi connectivity index (χ0v) is 12.8. The van der Waals surface area contributed by atoms with E-state index in [4.69, 9.17) is 0 Å². The Morgan fingerprint density at radius 3 is 2.81 bits per heavy atom.